The number of nitrogens with one attached hydrogen (secondary N) is 1. The minimum absolute atomic E-state index is 0.225. The molecular formula is C12H14N2O5. The van der Waals surface area contributed by atoms with Crippen LogP contribution in [-0.4, -0.2) is 34.1 Å². The number of carboxylic acids is 2. The average Bonchev–Trinajstić information content (AvgIpc) is 2.31. The monoisotopic (exact) mass is 266 g/mol. The Morgan fingerprint density at radius 3 is 2.42 bits per heavy atom. The summed E-state index contributed by atoms with van der Waals surface area (Å²) in [6.45, 7) is 1.71. The van der Waals surface area contributed by atoms with Crippen LogP contribution in [0.3, 0.4) is 0 Å². The Bertz CT molecular complexity index is 527. The Kier molecular flexibility index (Phi) is 4.46. The summed E-state index contributed by atoms with van der Waals surface area (Å²) in [5.74, 6) is -3.36. The van der Waals surface area contributed by atoms with Gasteiger partial charge in [0, 0.05) is 11.3 Å². The third-order valence-electron chi connectivity index (χ3n) is 2.51. The van der Waals surface area contributed by atoms with Gasteiger partial charge < -0.3 is 21.3 Å². The van der Waals surface area contributed by atoms with Crippen LogP contribution in [-0.2, 0) is 9.59 Å². The molecule has 0 aliphatic heterocycles. The normalized spacial score (nSPS) is 11.6. The van der Waals surface area contributed by atoms with E-state index in [9.17, 15) is 14.4 Å². The lowest BCUT2D eigenvalue weighted by Crippen LogP contribution is -2.42. The molecule has 1 rings (SSSR count). The number of aryl methyl sites for hydroxylation is 1. The molecule has 0 fully saturated rings. The molecule has 0 radical (unpaired) electrons. The van der Waals surface area contributed by atoms with Gasteiger partial charge in [-0.3, -0.25) is 9.59 Å². The number of aliphatic carboxylic acids is 2. The van der Waals surface area contributed by atoms with E-state index in [0.29, 0.717) is 11.3 Å². The first-order chi connectivity index (χ1) is 8.81. The Labute approximate surface area is 109 Å². The Morgan fingerprint density at radius 2 is 1.95 bits per heavy atom. The van der Waals surface area contributed by atoms with Crippen LogP contribution in [0.5, 0.6) is 0 Å². The summed E-state index contributed by atoms with van der Waals surface area (Å²) in [6.07, 6.45) is -0.685. The smallest absolute Gasteiger partial charge is 0.326 e. The molecule has 0 heterocycles. The van der Waals surface area contributed by atoms with E-state index in [4.69, 9.17) is 15.9 Å². The van der Waals surface area contributed by atoms with Crippen LogP contribution in [0.2, 0.25) is 0 Å². The third kappa shape index (κ3) is 3.98. The fourth-order valence-electron chi connectivity index (χ4n) is 1.43. The molecular weight excluding hydrogens is 252 g/mol. The number of anilines is 1. The lowest BCUT2D eigenvalue weighted by atomic mass is 10.1. The second kappa shape index (κ2) is 5.85. The molecule has 0 saturated heterocycles. The maximum Gasteiger partial charge on any atom is 0.326 e. The summed E-state index contributed by atoms with van der Waals surface area (Å²) in [6, 6.07) is 3.00. The lowest BCUT2D eigenvalue weighted by Gasteiger charge is -2.13. The predicted octanol–water partition coefficient (Wildman–Crippen LogP) is 0.235. The minimum atomic E-state index is -1.47. The highest BCUT2D eigenvalue weighted by molar-refractivity contribution is 5.97. The van der Waals surface area contributed by atoms with Crippen molar-refractivity contribution in [1.82, 2.24) is 5.32 Å². The van der Waals surface area contributed by atoms with Gasteiger partial charge in [-0.05, 0) is 30.7 Å². The molecule has 0 aliphatic rings. The molecule has 0 aromatic heterocycles. The van der Waals surface area contributed by atoms with Gasteiger partial charge in [0.15, 0.2) is 0 Å². The number of carboxylic acid groups (broad SMARTS) is 2. The van der Waals surface area contributed by atoms with Crippen LogP contribution in [0.1, 0.15) is 22.3 Å². The molecule has 0 bridgehead atoms. The van der Waals surface area contributed by atoms with Crippen molar-refractivity contribution in [2.24, 2.45) is 0 Å². The molecule has 7 heteroatoms. The van der Waals surface area contributed by atoms with Crippen molar-refractivity contribution in [3.8, 4) is 0 Å². The molecule has 1 aromatic rings. The van der Waals surface area contributed by atoms with Crippen LogP contribution in [0, 0.1) is 6.92 Å². The van der Waals surface area contributed by atoms with Gasteiger partial charge in [-0.25, -0.2) is 4.79 Å². The highest BCUT2D eigenvalue weighted by Crippen LogP contribution is 2.12. The van der Waals surface area contributed by atoms with Crippen molar-refractivity contribution in [3.05, 3.63) is 29.3 Å². The van der Waals surface area contributed by atoms with E-state index in [1.54, 1.807) is 6.92 Å². The fraction of sp³-hybridized carbons (Fsp3) is 0.250. The number of amides is 1. The van der Waals surface area contributed by atoms with Crippen LogP contribution < -0.4 is 11.1 Å². The summed E-state index contributed by atoms with van der Waals surface area (Å²) in [7, 11) is 0. The molecule has 102 valence electrons. The van der Waals surface area contributed by atoms with Gasteiger partial charge in [-0.2, -0.15) is 0 Å². The van der Waals surface area contributed by atoms with Crippen molar-refractivity contribution in [3.63, 3.8) is 0 Å². The van der Waals surface area contributed by atoms with Crippen molar-refractivity contribution < 1.29 is 24.6 Å². The zero-order valence-corrected chi connectivity index (χ0v) is 10.2. The van der Waals surface area contributed by atoms with E-state index in [-0.39, 0.29) is 5.56 Å². The molecule has 1 unspecified atom stereocenters. The maximum atomic E-state index is 11.8. The number of hydrogen-bond donors (Lipinski definition) is 4. The number of rotatable bonds is 5. The maximum absolute atomic E-state index is 11.8. The van der Waals surface area contributed by atoms with Gasteiger partial charge in [-0.15, -0.1) is 0 Å². The van der Waals surface area contributed by atoms with E-state index < -0.39 is 30.3 Å². The van der Waals surface area contributed by atoms with Crippen molar-refractivity contribution in [2.45, 2.75) is 19.4 Å². The second-order valence-electron chi connectivity index (χ2n) is 4.03. The topological polar surface area (TPSA) is 130 Å². The van der Waals surface area contributed by atoms with Gasteiger partial charge in [0.05, 0.1) is 6.42 Å². The van der Waals surface area contributed by atoms with Gasteiger partial charge in [0.25, 0.3) is 5.91 Å². The molecule has 0 spiro atoms. The number of nitrogens with two attached hydrogens (primary N) is 1. The molecule has 5 N–H and O–H groups in total. The zero-order valence-electron chi connectivity index (χ0n) is 10.2. The van der Waals surface area contributed by atoms with E-state index in [0.717, 1.165) is 0 Å². The second-order valence-corrected chi connectivity index (χ2v) is 4.03. The SMILES string of the molecule is Cc1cc(C(=O)NC(CC(=O)O)C(=O)O)ccc1N. The number of benzene rings is 1. The summed E-state index contributed by atoms with van der Waals surface area (Å²) in [5, 5.41) is 19.5. The van der Waals surface area contributed by atoms with E-state index in [1.807, 2.05) is 0 Å². The van der Waals surface area contributed by atoms with Gasteiger partial charge in [0.1, 0.15) is 6.04 Å². The van der Waals surface area contributed by atoms with E-state index >= 15 is 0 Å². The van der Waals surface area contributed by atoms with Crippen molar-refractivity contribution >= 4 is 23.5 Å². The first kappa shape index (κ1) is 14.5. The first-order valence-corrected chi connectivity index (χ1v) is 5.43. The lowest BCUT2D eigenvalue weighted by molar-refractivity contribution is -0.145. The fourth-order valence-corrected chi connectivity index (χ4v) is 1.43. The number of nitrogen functional groups attached to an aromatic ring is 1. The summed E-state index contributed by atoms with van der Waals surface area (Å²) in [4.78, 5) is 33.1. The Balaban J connectivity index is 2.84. The Morgan fingerprint density at radius 1 is 1.32 bits per heavy atom. The number of hydrogen-bond acceptors (Lipinski definition) is 4. The Hall–Kier alpha value is -2.57. The van der Waals surface area contributed by atoms with Crippen LogP contribution in [0.4, 0.5) is 5.69 Å². The van der Waals surface area contributed by atoms with Gasteiger partial charge >= 0.3 is 11.9 Å². The molecule has 19 heavy (non-hydrogen) atoms. The average molecular weight is 266 g/mol. The zero-order chi connectivity index (χ0) is 14.6. The molecule has 7 nitrogen and oxygen atoms in total. The summed E-state index contributed by atoms with van der Waals surface area (Å²) >= 11 is 0. The number of carbonyl (C=O) groups excluding carboxylic acids is 1. The standard InChI is InChI=1S/C12H14N2O5/c1-6-4-7(2-3-8(6)13)11(17)14-9(12(18)19)5-10(15)16/h2-4,9H,5,13H2,1H3,(H,14,17)(H,15,16)(H,18,19). The largest absolute Gasteiger partial charge is 0.481 e. The summed E-state index contributed by atoms with van der Waals surface area (Å²) in [5.41, 5.74) is 7.02. The van der Waals surface area contributed by atoms with Crippen LogP contribution >= 0.6 is 0 Å². The van der Waals surface area contributed by atoms with Gasteiger partial charge in [0.2, 0.25) is 0 Å². The highest BCUT2D eigenvalue weighted by atomic mass is 16.4. The molecule has 0 aliphatic carbocycles. The first-order valence-electron chi connectivity index (χ1n) is 5.43. The van der Waals surface area contributed by atoms with Crippen molar-refractivity contribution in [1.29, 1.82) is 0 Å². The van der Waals surface area contributed by atoms with Gasteiger partial charge in [-0.1, -0.05) is 0 Å². The quantitative estimate of drug-likeness (QED) is 0.565. The third-order valence-corrected chi connectivity index (χ3v) is 2.51. The van der Waals surface area contributed by atoms with Crippen molar-refractivity contribution in [2.75, 3.05) is 5.73 Å². The van der Waals surface area contributed by atoms with Crippen LogP contribution in [0.25, 0.3) is 0 Å². The molecule has 0 saturated carbocycles. The van der Waals surface area contributed by atoms with Crippen LogP contribution in [0.15, 0.2) is 18.2 Å². The summed E-state index contributed by atoms with van der Waals surface area (Å²) < 4.78 is 0. The van der Waals surface area contributed by atoms with E-state index in [2.05, 4.69) is 5.32 Å². The number of carbonyl (C=O) groups is 3. The molecule has 1 aromatic carbocycles. The van der Waals surface area contributed by atoms with E-state index in [1.165, 1.54) is 18.2 Å². The predicted molar refractivity (Wildman–Crippen MR) is 66.7 cm³/mol. The molecule has 1 atom stereocenters. The molecule has 1 amide bonds. The highest BCUT2D eigenvalue weighted by Gasteiger charge is 2.23. The minimum Gasteiger partial charge on any atom is -0.481 e.